The fraction of sp³-hybridized carbons (Fsp3) is 0.136. The van der Waals surface area contributed by atoms with Crippen molar-refractivity contribution in [1.82, 2.24) is 9.55 Å². The number of hydrogen-bond donors (Lipinski definition) is 0. The molecular weight excluding hydrogens is 376 g/mol. The number of carbonyl (C=O) groups is 1. The van der Waals surface area contributed by atoms with Gasteiger partial charge in [-0.05, 0) is 36.8 Å². The zero-order valence-electron chi connectivity index (χ0n) is 14.8. The van der Waals surface area contributed by atoms with Gasteiger partial charge in [-0.15, -0.1) is 0 Å². The Hall–Kier alpha value is -3.18. The van der Waals surface area contributed by atoms with Gasteiger partial charge in [0.25, 0.3) is 5.56 Å². The number of fused-ring (bicyclic) bond motifs is 3. The van der Waals surface area contributed by atoms with Gasteiger partial charge in [0.1, 0.15) is 11.6 Å². The molecule has 0 bridgehead atoms. The molecule has 0 spiro atoms. The molecule has 0 saturated heterocycles. The normalized spacial score (nSPS) is 13.0. The Balaban J connectivity index is 1.54. The molecule has 138 valence electrons. The van der Waals surface area contributed by atoms with Crippen molar-refractivity contribution in [3.05, 3.63) is 81.4 Å². The summed E-state index contributed by atoms with van der Waals surface area (Å²) in [6.07, 6.45) is 1.69. The second-order valence-corrected chi connectivity index (χ2v) is 7.21. The van der Waals surface area contributed by atoms with E-state index in [9.17, 15) is 9.59 Å². The highest BCUT2D eigenvalue weighted by Gasteiger charge is 2.18. The van der Waals surface area contributed by atoms with Gasteiger partial charge in [0.15, 0.2) is 0 Å². The van der Waals surface area contributed by atoms with Crippen LogP contribution in [0.2, 0.25) is 5.02 Å². The lowest BCUT2D eigenvalue weighted by Gasteiger charge is -2.10. The van der Waals surface area contributed by atoms with E-state index in [1.54, 1.807) is 34.9 Å². The maximum atomic E-state index is 12.7. The van der Waals surface area contributed by atoms with Gasteiger partial charge in [-0.2, -0.15) is 0 Å². The third kappa shape index (κ3) is 2.67. The second-order valence-electron chi connectivity index (χ2n) is 6.80. The number of carbonyl (C=O) groups excluding carboxylic acids is 1. The zero-order valence-corrected chi connectivity index (χ0v) is 15.6. The molecular formula is C22H15ClN2O3. The number of ether oxygens (including phenoxy) is 1. The number of aromatic nitrogens is 2. The molecule has 28 heavy (non-hydrogen) atoms. The maximum absolute atomic E-state index is 12.7. The number of halogens is 1. The van der Waals surface area contributed by atoms with Crippen LogP contribution in [0.1, 0.15) is 22.6 Å². The summed E-state index contributed by atoms with van der Waals surface area (Å²) in [5.74, 6) is 0.704. The lowest BCUT2D eigenvalue weighted by Crippen LogP contribution is -2.21. The minimum absolute atomic E-state index is 0.0545. The van der Waals surface area contributed by atoms with E-state index in [2.05, 4.69) is 4.98 Å². The molecule has 1 aliphatic rings. The Morgan fingerprint density at radius 3 is 2.71 bits per heavy atom. The van der Waals surface area contributed by atoms with Crippen LogP contribution >= 0.6 is 11.6 Å². The fourth-order valence-electron chi connectivity index (χ4n) is 3.69. The van der Waals surface area contributed by atoms with Gasteiger partial charge in [0, 0.05) is 28.8 Å². The SMILES string of the molecule is O=C(Oc1ccc(Cl)c2ccccc12)c1ccc2c(=O)n3c(nc2c1)CCC3. The van der Waals surface area contributed by atoms with Crippen molar-refractivity contribution in [3.8, 4) is 5.75 Å². The summed E-state index contributed by atoms with van der Waals surface area (Å²) in [6.45, 7) is 0.699. The average molecular weight is 391 g/mol. The highest BCUT2D eigenvalue weighted by atomic mass is 35.5. The summed E-state index contributed by atoms with van der Waals surface area (Å²) in [5.41, 5.74) is 0.816. The summed E-state index contributed by atoms with van der Waals surface area (Å²) in [5, 5.41) is 2.69. The van der Waals surface area contributed by atoms with Crippen molar-refractivity contribution < 1.29 is 9.53 Å². The van der Waals surface area contributed by atoms with Gasteiger partial charge in [0.2, 0.25) is 0 Å². The smallest absolute Gasteiger partial charge is 0.343 e. The first-order valence-corrected chi connectivity index (χ1v) is 9.42. The molecule has 3 aromatic carbocycles. The molecule has 5 nitrogen and oxygen atoms in total. The lowest BCUT2D eigenvalue weighted by atomic mass is 10.1. The van der Waals surface area contributed by atoms with E-state index in [0.29, 0.717) is 33.8 Å². The number of hydrogen-bond acceptors (Lipinski definition) is 4. The van der Waals surface area contributed by atoms with Gasteiger partial charge in [0.05, 0.1) is 16.5 Å². The fourth-order valence-corrected chi connectivity index (χ4v) is 3.92. The molecule has 0 N–H and O–H groups in total. The molecule has 6 heteroatoms. The summed E-state index contributed by atoms with van der Waals surface area (Å²) in [4.78, 5) is 29.9. The molecule has 0 fully saturated rings. The number of rotatable bonds is 2. The predicted octanol–water partition coefficient (Wildman–Crippen LogP) is 4.37. The van der Waals surface area contributed by atoms with Gasteiger partial charge < -0.3 is 4.74 Å². The standard InChI is InChI=1S/C22H15ClN2O3/c23-17-9-10-19(15-5-2-1-4-14(15)17)28-22(27)13-7-8-16-18(12-13)24-20-6-3-11-25(20)21(16)26/h1-2,4-5,7-10,12H,3,6,11H2. The van der Waals surface area contributed by atoms with Crippen molar-refractivity contribution in [2.75, 3.05) is 0 Å². The predicted molar refractivity (Wildman–Crippen MR) is 108 cm³/mol. The van der Waals surface area contributed by atoms with Crippen LogP contribution in [0.5, 0.6) is 5.75 Å². The Morgan fingerprint density at radius 2 is 1.86 bits per heavy atom. The molecule has 0 atom stereocenters. The topological polar surface area (TPSA) is 61.2 Å². The molecule has 0 amide bonds. The minimum Gasteiger partial charge on any atom is -0.422 e. The number of esters is 1. The van der Waals surface area contributed by atoms with Gasteiger partial charge in [-0.3, -0.25) is 9.36 Å². The largest absolute Gasteiger partial charge is 0.422 e. The van der Waals surface area contributed by atoms with Crippen LogP contribution in [0.3, 0.4) is 0 Å². The lowest BCUT2D eigenvalue weighted by molar-refractivity contribution is 0.0737. The number of nitrogens with zero attached hydrogens (tertiary/aromatic N) is 2. The second kappa shape index (κ2) is 6.46. The maximum Gasteiger partial charge on any atom is 0.343 e. The van der Waals surface area contributed by atoms with Crippen LogP contribution in [-0.2, 0) is 13.0 Å². The highest BCUT2D eigenvalue weighted by Crippen LogP contribution is 2.31. The van der Waals surface area contributed by atoms with Crippen molar-refractivity contribution in [3.63, 3.8) is 0 Å². The first kappa shape index (κ1) is 17.0. The summed E-state index contributed by atoms with van der Waals surface area (Å²) in [6, 6.07) is 15.7. The van der Waals surface area contributed by atoms with Gasteiger partial charge in [-0.1, -0.05) is 35.9 Å². The molecule has 5 rings (SSSR count). The molecule has 1 aromatic heterocycles. The molecule has 0 aliphatic carbocycles. The quantitative estimate of drug-likeness (QED) is 0.376. The Kier molecular flexibility index (Phi) is 3.91. The summed E-state index contributed by atoms with van der Waals surface area (Å²) in [7, 11) is 0. The van der Waals surface area contributed by atoms with E-state index < -0.39 is 5.97 Å². The monoisotopic (exact) mass is 390 g/mol. The van der Waals surface area contributed by atoms with E-state index in [-0.39, 0.29) is 5.56 Å². The first-order valence-electron chi connectivity index (χ1n) is 9.05. The van der Waals surface area contributed by atoms with E-state index in [1.165, 1.54) is 0 Å². The summed E-state index contributed by atoms with van der Waals surface area (Å²) < 4.78 is 7.34. The molecule has 4 aromatic rings. The van der Waals surface area contributed by atoms with Crippen molar-refractivity contribution >= 4 is 39.2 Å². The zero-order chi connectivity index (χ0) is 19.3. The number of aryl methyl sites for hydroxylation is 1. The van der Waals surface area contributed by atoms with Crippen molar-refractivity contribution in [1.29, 1.82) is 0 Å². The van der Waals surface area contributed by atoms with Crippen LogP contribution in [0.25, 0.3) is 21.7 Å². The minimum atomic E-state index is -0.503. The van der Waals surface area contributed by atoms with Crippen LogP contribution in [-0.4, -0.2) is 15.5 Å². The third-order valence-electron chi connectivity index (χ3n) is 5.09. The van der Waals surface area contributed by atoms with Gasteiger partial charge in [-0.25, -0.2) is 9.78 Å². The Bertz CT molecular complexity index is 1330. The summed E-state index contributed by atoms with van der Waals surface area (Å²) >= 11 is 6.23. The third-order valence-corrected chi connectivity index (χ3v) is 5.42. The van der Waals surface area contributed by atoms with E-state index >= 15 is 0 Å². The Labute approximate surface area is 165 Å². The highest BCUT2D eigenvalue weighted by molar-refractivity contribution is 6.35. The number of benzene rings is 3. The molecule has 0 saturated carbocycles. The molecule has 2 heterocycles. The first-order chi connectivity index (χ1) is 13.6. The van der Waals surface area contributed by atoms with Crippen molar-refractivity contribution in [2.24, 2.45) is 0 Å². The van der Waals surface area contributed by atoms with Crippen LogP contribution < -0.4 is 10.3 Å². The van der Waals surface area contributed by atoms with Gasteiger partial charge >= 0.3 is 5.97 Å². The van der Waals surface area contributed by atoms with E-state index in [1.807, 2.05) is 24.3 Å². The average Bonchev–Trinajstić information content (AvgIpc) is 3.19. The van der Waals surface area contributed by atoms with E-state index in [0.717, 1.165) is 29.4 Å². The molecule has 0 radical (unpaired) electrons. The Morgan fingerprint density at radius 1 is 1.04 bits per heavy atom. The van der Waals surface area contributed by atoms with Crippen LogP contribution in [0.15, 0.2) is 59.4 Å². The molecule has 1 aliphatic heterocycles. The molecule has 0 unspecified atom stereocenters. The van der Waals surface area contributed by atoms with Crippen LogP contribution in [0, 0.1) is 0 Å². The van der Waals surface area contributed by atoms with Crippen LogP contribution in [0.4, 0.5) is 0 Å². The van der Waals surface area contributed by atoms with E-state index in [4.69, 9.17) is 16.3 Å². The van der Waals surface area contributed by atoms with Crippen molar-refractivity contribution in [2.45, 2.75) is 19.4 Å².